The predicted octanol–water partition coefficient (Wildman–Crippen LogP) is 3.76. The van der Waals surface area contributed by atoms with Crippen molar-refractivity contribution in [3.05, 3.63) is 55.9 Å². The van der Waals surface area contributed by atoms with Gasteiger partial charge in [-0.2, -0.15) is 13.2 Å². The fourth-order valence-corrected chi connectivity index (χ4v) is 2.54. The Morgan fingerprint density at radius 3 is 2.61 bits per heavy atom. The molecule has 0 N–H and O–H groups in total. The zero-order chi connectivity index (χ0) is 17.4. The molecule has 10 heteroatoms. The molecule has 0 saturated carbocycles. The van der Waals surface area contributed by atoms with Gasteiger partial charge in [-0.05, 0) is 38.0 Å². The largest absolute Gasteiger partial charge is 0.416 e. The van der Waals surface area contributed by atoms with Gasteiger partial charge in [0.05, 0.1) is 12.1 Å². The predicted molar refractivity (Wildman–Crippen MR) is 77.1 cm³/mol. The highest BCUT2D eigenvalue weighted by Crippen LogP contribution is 2.30. The molecule has 6 nitrogen and oxygen atoms in total. The summed E-state index contributed by atoms with van der Waals surface area (Å²) in [5.41, 5.74) is -1.07. The van der Waals surface area contributed by atoms with Crippen LogP contribution in [0.3, 0.4) is 0 Å². The van der Waals surface area contributed by atoms with Gasteiger partial charge in [-0.1, -0.05) is 12.1 Å². The zero-order valence-corrected chi connectivity index (χ0v) is 13.2. The number of nitrogens with zero attached hydrogens (tertiary/aromatic N) is 3. The Kier molecular flexibility index (Phi) is 4.55. The first-order valence-corrected chi connectivity index (χ1v) is 6.98. The number of imidazole rings is 1. The lowest BCUT2D eigenvalue weighted by Crippen LogP contribution is -2.13. The molecule has 0 aliphatic rings. The molecule has 0 aliphatic carbocycles. The van der Waals surface area contributed by atoms with Crippen LogP contribution in [0.2, 0.25) is 0 Å². The number of carbonyl (C=O) groups is 1. The number of aromatic nitrogens is 2. The van der Waals surface area contributed by atoms with E-state index in [1.165, 1.54) is 17.6 Å². The summed E-state index contributed by atoms with van der Waals surface area (Å²) in [5.74, 6) is -0.879. The molecular formula is C13H9BrF3N3O3. The molecule has 0 radical (unpaired) electrons. The number of halogens is 4. The summed E-state index contributed by atoms with van der Waals surface area (Å²) in [6.45, 7) is 1.09. The molecule has 23 heavy (non-hydrogen) atoms. The number of nitro groups is 1. The monoisotopic (exact) mass is 391 g/mol. The minimum Gasteiger partial charge on any atom is -0.358 e. The van der Waals surface area contributed by atoms with Gasteiger partial charge < -0.3 is 10.1 Å². The third-order valence-electron chi connectivity index (χ3n) is 3.07. The maximum Gasteiger partial charge on any atom is 0.416 e. The van der Waals surface area contributed by atoms with E-state index in [9.17, 15) is 28.1 Å². The van der Waals surface area contributed by atoms with Crippen molar-refractivity contribution in [1.29, 1.82) is 0 Å². The Balaban J connectivity index is 2.32. The van der Waals surface area contributed by atoms with Gasteiger partial charge in [0.25, 0.3) is 0 Å². The van der Waals surface area contributed by atoms with Gasteiger partial charge in [-0.25, -0.2) is 0 Å². The Labute approximate surface area is 136 Å². The van der Waals surface area contributed by atoms with E-state index in [0.717, 1.165) is 18.2 Å². The van der Waals surface area contributed by atoms with Crippen LogP contribution in [0.4, 0.5) is 19.0 Å². The average molecular weight is 392 g/mol. The van der Waals surface area contributed by atoms with E-state index in [2.05, 4.69) is 20.9 Å². The van der Waals surface area contributed by atoms with Crippen molar-refractivity contribution < 1.29 is 22.9 Å². The molecule has 1 aromatic heterocycles. The highest BCUT2D eigenvalue weighted by atomic mass is 79.9. The van der Waals surface area contributed by atoms with Crippen LogP contribution < -0.4 is 0 Å². The minimum absolute atomic E-state index is 0.0136. The molecule has 0 unspecified atom stereocenters. The third-order valence-corrected chi connectivity index (χ3v) is 3.85. The number of ketones is 1. The summed E-state index contributed by atoms with van der Waals surface area (Å²) in [4.78, 5) is 25.9. The third kappa shape index (κ3) is 3.58. The van der Waals surface area contributed by atoms with Crippen LogP contribution in [-0.4, -0.2) is 20.3 Å². The fourth-order valence-electron chi connectivity index (χ4n) is 1.93. The number of alkyl halides is 3. The summed E-state index contributed by atoms with van der Waals surface area (Å²) >= 11 is 2.98. The molecule has 2 aromatic rings. The van der Waals surface area contributed by atoms with Gasteiger partial charge in [0, 0.05) is 12.5 Å². The topological polar surface area (TPSA) is 78.0 Å². The number of benzene rings is 1. The van der Waals surface area contributed by atoms with Gasteiger partial charge in [0.1, 0.15) is 0 Å². The standard InChI is InChI=1S/C13H9BrF3N3O3/c1-7-18-12(20(22)23)11(14)19(7)6-10(21)8-3-2-4-9(5-8)13(15,16)17/h2-5H,6H2,1H3. The smallest absolute Gasteiger partial charge is 0.358 e. The molecule has 0 atom stereocenters. The molecule has 0 amide bonds. The summed E-state index contributed by atoms with van der Waals surface area (Å²) in [6, 6.07) is 4.00. The van der Waals surface area contributed by atoms with Gasteiger partial charge >= 0.3 is 12.0 Å². The molecule has 0 saturated heterocycles. The second-order valence-electron chi connectivity index (χ2n) is 4.62. The Morgan fingerprint density at radius 2 is 2.09 bits per heavy atom. The van der Waals surface area contributed by atoms with Crippen LogP contribution in [0, 0.1) is 17.0 Å². The van der Waals surface area contributed by atoms with E-state index in [1.807, 2.05) is 0 Å². The van der Waals surface area contributed by atoms with Crippen molar-refractivity contribution in [2.45, 2.75) is 19.6 Å². The van der Waals surface area contributed by atoms with E-state index < -0.39 is 28.3 Å². The first-order valence-electron chi connectivity index (χ1n) is 6.18. The van der Waals surface area contributed by atoms with Crippen LogP contribution in [0.5, 0.6) is 0 Å². The minimum atomic E-state index is -4.55. The van der Waals surface area contributed by atoms with Gasteiger partial charge in [0.15, 0.2) is 10.4 Å². The Bertz CT molecular complexity index is 787. The molecule has 0 fully saturated rings. The van der Waals surface area contributed by atoms with Crippen LogP contribution in [-0.2, 0) is 12.7 Å². The second-order valence-corrected chi connectivity index (χ2v) is 5.37. The van der Waals surface area contributed by atoms with Gasteiger partial charge in [-0.3, -0.25) is 9.36 Å². The van der Waals surface area contributed by atoms with E-state index in [1.54, 1.807) is 0 Å². The first-order chi connectivity index (χ1) is 10.6. The van der Waals surface area contributed by atoms with E-state index in [-0.39, 0.29) is 22.5 Å². The average Bonchev–Trinajstić information content (AvgIpc) is 2.74. The molecule has 1 aromatic carbocycles. The van der Waals surface area contributed by atoms with Crippen LogP contribution in [0.25, 0.3) is 0 Å². The van der Waals surface area contributed by atoms with Crippen molar-refractivity contribution in [3.63, 3.8) is 0 Å². The molecule has 1 heterocycles. The van der Waals surface area contributed by atoms with E-state index in [0.29, 0.717) is 0 Å². The summed E-state index contributed by atoms with van der Waals surface area (Å²) in [6.07, 6.45) is -4.55. The van der Waals surface area contributed by atoms with E-state index >= 15 is 0 Å². The number of aryl methyl sites for hydroxylation is 1. The number of hydrogen-bond donors (Lipinski definition) is 0. The molecular weight excluding hydrogens is 383 g/mol. The summed E-state index contributed by atoms with van der Waals surface area (Å²) in [5, 5.41) is 10.8. The van der Waals surface area contributed by atoms with Crippen molar-refractivity contribution in [2.75, 3.05) is 0 Å². The van der Waals surface area contributed by atoms with Crippen LogP contribution in [0.1, 0.15) is 21.7 Å². The highest BCUT2D eigenvalue weighted by molar-refractivity contribution is 9.10. The molecule has 0 spiro atoms. The lowest BCUT2D eigenvalue weighted by Gasteiger charge is -2.09. The fraction of sp³-hybridized carbons (Fsp3) is 0.231. The number of rotatable bonds is 4. The quantitative estimate of drug-likeness (QED) is 0.451. The van der Waals surface area contributed by atoms with Crippen molar-refractivity contribution in [1.82, 2.24) is 9.55 Å². The van der Waals surface area contributed by atoms with E-state index in [4.69, 9.17) is 0 Å². The number of carbonyl (C=O) groups excluding carboxylic acids is 1. The van der Waals surface area contributed by atoms with Crippen LogP contribution in [0.15, 0.2) is 28.9 Å². The normalized spacial score (nSPS) is 11.5. The Morgan fingerprint density at radius 1 is 1.43 bits per heavy atom. The van der Waals surface area contributed by atoms with Crippen LogP contribution >= 0.6 is 15.9 Å². The lowest BCUT2D eigenvalue weighted by atomic mass is 10.1. The summed E-state index contributed by atoms with van der Waals surface area (Å²) in [7, 11) is 0. The van der Waals surface area contributed by atoms with Gasteiger partial charge in [0.2, 0.25) is 5.82 Å². The first kappa shape index (κ1) is 17.1. The Hall–Kier alpha value is -2.23. The molecule has 2 rings (SSSR count). The van der Waals surface area contributed by atoms with Crippen molar-refractivity contribution >= 4 is 27.5 Å². The molecule has 122 valence electrons. The molecule has 0 aliphatic heterocycles. The highest BCUT2D eigenvalue weighted by Gasteiger charge is 2.31. The summed E-state index contributed by atoms with van der Waals surface area (Å²) < 4.78 is 39.2. The molecule has 0 bridgehead atoms. The second kappa shape index (κ2) is 6.11. The number of Topliss-reactive ketones (excluding diaryl/α,β-unsaturated/α-hetero) is 1. The lowest BCUT2D eigenvalue weighted by molar-refractivity contribution is -0.390. The SMILES string of the molecule is Cc1nc([N+](=O)[O-])c(Br)n1CC(=O)c1cccc(C(F)(F)F)c1. The zero-order valence-electron chi connectivity index (χ0n) is 11.6. The van der Waals surface area contributed by atoms with Gasteiger partial charge in [-0.15, -0.1) is 0 Å². The van der Waals surface area contributed by atoms with Crippen molar-refractivity contribution in [3.8, 4) is 0 Å². The van der Waals surface area contributed by atoms with Crippen molar-refractivity contribution in [2.24, 2.45) is 0 Å². The maximum atomic E-state index is 12.7. The maximum absolute atomic E-state index is 12.7. The number of hydrogen-bond acceptors (Lipinski definition) is 4.